The first-order valence-corrected chi connectivity index (χ1v) is 6.31. The Kier molecular flexibility index (Phi) is 4.55. The first kappa shape index (κ1) is 13.6. The number of nitrogens with one attached hydrogen (secondary N) is 1. The second kappa shape index (κ2) is 6.36. The third-order valence-corrected chi connectivity index (χ3v) is 2.96. The summed E-state index contributed by atoms with van der Waals surface area (Å²) in [5, 5.41) is 13.2. The van der Waals surface area contributed by atoms with Gasteiger partial charge in [-0.1, -0.05) is 41.9 Å². The van der Waals surface area contributed by atoms with Crippen LogP contribution in [0.25, 0.3) is 0 Å². The zero-order valence-electron chi connectivity index (χ0n) is 10.2. The monoisotopic (exact) mass is 275 g/mol. The van der Waals surface area contributed by atoms with Gasteiger partial charge in [-0.2, -0.15) is 0 Å². The number of hydrogen-bond donors (Lipinski definition) is 2. The fraction of sp³-hybridized carbons (Fsp3) is 0.133. The lowest BCUT2D eigenvalue weighted by molar-refractivity contribution is 0.0916. The second-order valence-electron chi connectivity index (χ2n) is 4.15. The molecule has 0 radical (unpaired) electrons. The molecule has 1 amide bonds. The third-order valence-electron chi connectivity index (χ3n) is 2.73. The smallest absolute Gasteiger partial charge is 0.251 e. The maximum absolute atomic E-state index is 11.8. The number of halogens is 1. The molecule has 0 bridgehead atoms. The van der Waals surface area contributed by atoms with Crippen molar-refractivity contribution in [2.24, 2.45) is 0 Å². The molecule has 2 aromatic carbocycles. The first-order chi connectivity index (χ1) is 9.16. The van der Waals surface area contributed by atoms with Crippen molar-refractivity contribution in [1.82, 2.24) is 5.32 Å². The van der Waals surface area contributed by atoms with Crippen LogP contribution >= 0.6 is 11.6 Å². The van der Waals surface area contributed by atoms with E-state index in [0.717, 1.165) is 0 Å². The molecule has 19 heavy (non-hydrogen) atoms. The van der Waals surface area contributed by atoms with E-state index in [1.807, 2.05) is 6.07 Å². The number of aliphatic hydroxyl groups is 1. The summed E-state index contributed by atoms with van der Waals surface area (Å²) in [5.41, 5.74) is 1.25. The lowest BCUT2D eigenvalue weighted by Gasteiger charge is -2.12. The van der Waals surface area contributed by atoms with E-state index in [4.69, 9.17) is 11.6 Å². The SMILES string of the molecule is O=C(NCC(O)c1cccc(Cl)c1)c1ccccc1. The van der Waals surface area contributed by atoms with Crippen molar-refractivity contribution >= 4 is 17.5 Å². The molecular weight excluding hydrogens is 262 g/mol. The van der Waals surface area contributed by atoms with Gasteiger partial charge in [-0.3, -0.25) is 4.79 Å². The standard InChI is InChI=1S/C15H14ClNO2/c16-13-8-4-7-12(9-13)14(18)10-17-15(19)11-5-2-1-3-6-11/h1-9,14,18H,10H2,(H,17,19). The highest BCUT2D eigenvalue weighted by molar-refractivity contribution is 6.30. The van der Waals surface area contributed by atoms with Crippen molar-refractivity contribution in [2.45, 2.75) is 6.10 Å². The van der Waals surface area contributed by atoms with Crippen molar-refractivity contribution in [3.63, 3.8) is 0 Å². The molecule has 0 saturated carbocycles. The van der Waals surface area contributed by atoms with Crippen LogP contribution in [0.5, 0.6) is 0 Å². The van der Waals surface area contributed by atoms with E-state index < -0.39 is 6.10 Å². The number of carbonyl (C=O) groups is 1. The number of rotatable bonds is 4. The molecule has 4 heteroatoms. The predicted molar refractivity (Wildman–Crippen MR) is 75.2 cm³/mol. The zero-order valence-corrected chi connectivity index (χ0v) is 11.0. The Bertz CT molecular complexity index is 557. The van der Waals surface area contributed by atoms with Gasteiger partial charge in [0.15, 0.2) is 0 Å². The van der Waals surface area contributed by atoms with Gasteiger partial charge in [-0.25, -0.2) is 0 Å². The highest BCUT2D eigenvalue weighted by atomic mass is 35.5. The maximum atomic E-state index is 11.8. The lowest BCUT2D eigenvalue weighted by atomic mass is 10.1. The zero-order chi connectivity index (χ0) is 13.7. The molecule has 2 rings (SSSR count). The maximum Gasteiger partial charge on any atom is 0.251 e. The minimum absolute atomic E-state index is 0.147. The van der Waals surface area contributed by atoms with Gasteiger partial charge in [0.25, 0.3) is 5.91 Å². The van der Waals surface area contributed by atoms with Crippen LogP contribution in [-0.4, -0.2) is 17.6 Å². The molecule has 0 aliphatic rings. The molecular formula is C15H14ClNO2. The van der Waals surface area contributed by atoms with E-state index >= 15 is 0 Å². The number of hydrogen-bond acceptors (Lipinski definition) is 2. The molecule has 1 unspecified atom stereocenters. The normalized spacial score (nSPS) is 11.9. The van der Waals surface area contributed by atoms with Gasteiger partial charge >= 0.3 is 0 Å². The topological polar surface area (TPSA) is 49.3 Å². The van der Waals surface area contributed by atoms with Crippen LogP contribution in [0.4, 0.5) is 0 Å². The summed E-state index contributed by atoms with van der Waals surface area (Å²) in [5.74, 6) is -0.207. The summed E-state index contributed by atoms with van der Waals surface area (Å²) >= 11 is 5.85. The average molecular weight is 276 g/mol. The van der Waals surface area contributed by atoms with Crippen LogP contribution < -0.4 is 5.32 Å². The average Bonchev–Trinajstić information content (AvgIpc) is 2.45. The molecule has 98 valence electrons. The molecule has 2 aromatic rings. The van der Waals surface area contributed by atoms with Crippen LogP contribution in [0.15, 0.2) is 54.6 Å². The van der Waals surface area contributed by atoms with E-state index in [0.29, 0.717) is 16.1 Å². The van der Waals surface area contributed by atoms with E-state index in [9.17, 15) is 9.90 Å². The van der Waals surface area contributed by atoms with Gasteiger partial charge in [0.1, 0.15) is 0 Å². The van der Waals surface area contributed by atoms with Crippen molar-refractivity contribution in [3.05, 3.63) is 70.7 Å². The number of benzene rings is 2. The molecule has 0 aliphatic carbocycles. The molecule has 0 heterocycles. The minimum Gasteiger partial charge on any atom is -0.387 e. The first-order valence-electron chi connectivity index (χ1n) is 5.93. The van der Waals surface area contributed by atoms with Crippen LogP contribution in [0.1, 0.15) is 22.0 Å². The van der Waals surface area contributed by atoms with E-state index in [1.165, 1.54) is 0 Å². The van der Waals surface area contributed by atoms with Crippen molar-refractivity contribution in [2.75, 3.05) is 6.54 Å². The van der Waals surface area contributed by atoms with Gasteiger partial charge in [-0.05, 0) is 29.8 Å². The fourth-order valence-electron chi connectivity index (χ4n) is 1.71. The van der Waals surface area contributed by atoms with Gasteiger partial charge in [-0.15, -0.1) is 0 Å². The van der Waals surface area contributed by atoms with Gasteiger partial charge < -0.3 is 10.4 Å². The van der Waals surface area contributed by atoms with E-state index in [-0.39, 0.29) is 12.5 Å². The summed E-state index contributed by atoms with van der Waals surface area (Å²) in [7, 11) is 0. The van der Waals surface area contributed by atoms with Gasteiger partial charge in [0, 0.05) is 17.1 Å². The van der Waals surface area contributed by atoms with Crippen molar-refractivity contribution < 1.29 is 9.90 Å². The Morgan fingerprint density at radius 2 is 1.89 bits per heavy atom. The number of amides is 1. The van der Waals surface area contributed by atoms with Crippen molar-refractivity contribution in [3.8, 4) is 0 Å². The fourth-order valence-corrected chi connectivity index (χ4v) is 1.91. The Morgan fingerprint density at radius 3 is 2.58 bits per heavy atom. The van der Waals surface area contributed by atoms with Gasteiger partial charge in [0.2, 0.25) is 0 Å². The molecule has 3 nitrogen and oxygen atoms in total. The Labute approximate surface area is 116 Å². The second-order valence-corrected chi connectivity index (χ2v) is 4.58. The minimum atomic E-state index is -0.772. The number of carbonyl (C=O) groups excluding carboxylic acids is 1. The van der Waals surface area contributed by atoms with Crippen molar-refractivity contribution in [1.29, 1.82) is 0 Å². The molecule has 0 aromatic heterocycles. The van der Waals surface area contributed by atoms with E-state index in [2.05, 4.69) is 5.32 Å². The largest absolute Gasteiger partial charge is 0.387 e. The Hall–Kier alpha value is -1.84. The highest BCUT2D eigenvalue weighted by Gasteiger charge is 2.10. The van der Waals surface area contributed by atoms with Crippen LogP contribution in [0.3, 0.4) is 0 Å². The van der Waals surface area contributed by atoms with Gasteiger partial charge in [0.05, 0.1) is 6.10 Å². The summed E-state index contributed by atoms with van der Waals surface area (Å²) in [6.07, 6.45) is -0.772. The Morgan fingerprint density at radius 1 is 1.16 bits per heavy atom. The number of aliphatic hydroxyl groups excluding tert-OH is 1. The van der Waals surface area contributed by atoms with Crippen LogP contribution in [-0.2, 0) is 0 Å². The molecule has 2 N–H and O–H groups in total. The lowest BCUT2D eigenvalue weighted by Crippen LogP contribution is -2.28. The molecule has 0 aliphatic heterocycles. The van der Waals surface area contributed by atoms with Crippen LogP contribution in [0, 0.1) is 0 Å². The highest BCUT2D eigenvalue weighted by Crippen LogP contribution is 2.17. The molecule has 0 fully saturated rings. The van der Waals surface area contributed by atoms with E-state index in [1.54, 1.807) is 48.5 Å². The summed E-state index contributed by atoms with van der Waals surface area (Å²) in [4.78, 5) is 11.8. The predicted octanol–water partition coefficient (Wildman–Crippen LogP) is 2.80. The Balaban J connectivity index is 1.94. The van der Waals surface area contributed by atoms with Crippen LogP contribution in [0.2, 0.25) is 5.02 Å². The summed E-state index contributed by atoms with van der Waals surface area (Å²) < 4.78 is 0. The quantitative estimate of drug-likeness (QED) is 0.901. The summed E-state index contributed by atoms with van der Waals surface area (Å²) in [6.45, 7) is 0.147. The summed E-state index contributed by atoms with van der Waals surface area (Å²) in [6, 6.07) is 15.8. The molecule has 1 atom stereocenters. The molecule has 0 spiro atoms. The molecule has 0 saturated heterocycles. The third kappa shape index (κ3) is 3.81.